The molecule has 0 aromatic carbocycles. The summed E-state index contributed by atoms with van der Waals surface area (Å²) in [5.74, 6) is -0.386. The molecule has 16 heavy (non-hydrogen) atoms. The molecule has 0 radical (unpaired) electrons. The molecule has 0 spiro atoms. The quantitative estimate of drug-likeness (QED) is 0.534. The van der Waals surface area contributed by atoms with Gasteiger partial charge in [0.1, 0.15) is 9.84 Å². The Morgan fingerprint density at radius 1 is 1.50 bits per heavy atom. The van der Waals surface area contributed by atoms with Crippen molar-refractivity contribution < 1.29 is 17.9 Å². The van der Waals surface area contributed by atoms with E-state index in [0.717, 1.165) is 6.26 Å². The van der Waals surface area contributed by atoms with Gasteiger partial charge in [0, 0.05) is 26.5 Å². The zero-order chi connectivity index (χ0) is 12.6. The van der Waals surface area contributed by atoms with Gasteiger partial charge in [-0.1, -0.05) is 0 Å². The minimum atomic E-state index is -3.04. The molecule has 1 unspecified atom stereocenters. The predicted octanol–water partition coefficient (Wildman–Crippen LogP) is -1.10. The molecule has 96 valence electrons. The van der Waals surface area contributed by atoms with E-state index in [9.17, 15) is 13.2 Å². The van der Waals surface area contributed by atoms with Gasteiger partial charge in [-0.15, -0.1) is 0 Å². The first-order chi connectivity index (χ1) is 7.37. The number of ether oxygens (including phenoxy) is 1. The Kier molecular flexibility index (Phi) is 7.27. The second kappa shape index (κ2) is 7.59. The van der Waals surface area contributed by atoms with E-state index >= 15 is 0 Å². The summed E-state index contributed by atoms with van der Waals surface area (Å²) >= 11 is 0. The van der Waals surface area contributed by atoms with Crippen molar-refractivity contribution in [3.05, 3.63) is 0 Å². The summed E-state index contributed by atoms with van der Waals surface area (Å²) in [6, 6.07) is -0.602. The zero-order valence-electron chi connectivity index (χ0n) is 9.73. The van der Waals surface area contributed by atoms with E-state index in [1.807, 2.05) is 0 Å². The monoisotopic (exact) mass is 252 g/mol. The fourth-order valence-electron chi connectivity index (χ4n) is 1.07. The number of methoxy groups -OCH3 is 1. The highest BCUT2D eigenvalue weighted by molar-refractivity contribution is 7.90. The molecule has 0 bridgehead atoms. The van der Waals surface area contributed by atoms with Gasteiger partial charge in [0.05, 0.1) is 11.8 Å². The number of carbonyl (C=O) groups is 1. The Morgan fingerprint density at radius 3 is 2.62 bits per heavy atom. The molecule has 0 aromatic heterocycles. The molecule has 3 N–H and O–H groups in total. The number of rotatable bonds is 8. The lowest BCUT2D eigenvalue weighted by atomic mass is 10.1. The highest BCUT2D eigenvalue weighted by atomic mass is 32.2. The van der Waals surface area contributed by atoms with Gasteiger partial charge < -0.3 is 15.8 Å². The van der Waals surface area contributed by atoms with Crippen molar-refractivity contribution in [3.8, 4) is 0 Å². The first-order valence-electron chi connectivity index (χ1n) is 5.07. The van der Waals surface area contributed by atoms with Crippen LogP contribution in [-0.4, -0.2) is 52.6 Å². The highest BCUT2D eigenvalue weighted by Gasteiger charge is 2.13. The van der Waals surface area contributed by atoms with Crippen molar-refractivity contribution in [2.75, 3.05) is 32.3 Å². The van der Waals surface area contributed by atoms with Gasteiger partial charge in [0.25, 0.3) is 0 Å². The minimum absolute atomic E-state index is 0.0659. The van der Waals surface area contributed by atoms with Crippen molar-refractivity contribution in [1.82, 2.24) is 5.32 Å². The van der Waals surface area contributed by atoms with E-state index in [2.05, 4.69) is 5.32 Å². The maximum atomic E-state index is 11.4. The summed E-state index contributed by atoms with van der Waals surface area (Å²) in [5, 5.41) is 2.48. The average molecular weight is 252 g/mol. The molecule has 6 nitrogen and oxygen atoms in total. The molecule has 0 aromatic rings. The predicted molar refractivity (Wildman–Crippen MR) is 61.8 cm³/mol. The Hall–Kier alpha value is -0.660. The third-order valence-corrected chi connectivity index (χ3v) is 2.92. The van der Waals surface area contributed by atoms with Gasteiger partial charge in [-0.25, -0.2) is 8.42 Å². The smallest absolute Gasteiger partial charge is 0.236 e. The van der Waals surface area contributed by atoms with Crippen molar-refractivity contribution in [1.29, 1.82) is 0 Å². The largest absolute Gasteiger partial charge is 0.385 e. The number of nitrogens with one attached hydrogen (secondary N) is 1. The molecule has 0 saturated heterocycles. The Morgan fingerprint density at radius 2 is 2.12 bits per heavy atom. The van der Waals surface area contributed by atoms with Gasteiger partial charge in [-0.2, -0.15) is 0 Å². The SMILES string of the molecule is COCCCC(N)C(=O)NCCS(C)(=O)=O. The van der Waals surface area contributed by atoms with Crippen LogP contribution in [0.5, 0.6) is 0 Å². The number of sulfone groups is 1. The van der Waals surface area contributed by atoms with Gasteiger partial charge in [0.15, 0.2) is 0 Å². The van der Waals surface area contributed by atoms with Gasteiger partial charge in [-0.3, -0.25) is 4.79 Å². The van der Waals surface area contributed by atoms with E-state index in [1.165, 1.54) is 0 Å². The maximum Gasteiger partial charge on any atom is 0.236 e. The van der Waals surface area contributed by atoms with Crippen LogP contribution in [0.25, 0.3) is 0 Å². The molecule has 1 amide bonds. The second-order valence-electron chi connectivity index (χ2n) is 3.66. The van der Waals surface area contributed by atoms with E-state index in [-0.39, 0.29) is 18.2 Å². The number of carbonyl (C=O) groups excluding carboxylic acids is 1. The Labute approximate surface area is 96.4 Å². The number of hydrogen-bond donors (Lipinski definition) is 2. The third kappa shape index (κ3) is 8.63. The lowest BCUT2D eigenvalue weighted by molar-refractivity contribution is -0.122. The molecular weight excluding hydrogens is 232 g/mol. The fraction of sp³-hybridized carbons (Fsp3) is 0.889. The van der Waals surface area contributed by atoms with Crippen molar-refractivity contribution in [3.63, 3.8) is 0 Å². The summed E-state index contributed by atoms with van der Waals surface area (Å²) < 4.78 is 26.4. The van der Waals surface area contributed by atoms with Crippen LogP contribution in [0, 0.1) is 0 Å². The maximum absolute atomic E-state index is 11.4. The lowest BCUT2D eigenvalue weighted by Crippen LogP contribution is -2.42. The molecule has 0 aliphatic carbocycles. The molecule has 0 rings (SSSR count). The van der Waals surface area contributed by atoms with Crippen LogP contribution in [0.1, 0.15) is 12.8 Å². The van der Waals surface area contributed by atoms with Gasteiger partial charge >= 0.3 is 0 Å². The van der Waals surface area contributed by atoms with E-state index in [0.29, 0.717) is 19.4 Å². The third-order valence-electron chi connectivity index (χ3n) is 1.97. The number of nitrogens with two attached hydrogens (primary N) is 1. The first kappa shape index (κ1) is 15.3. The van der Waals surface area contributed by atoms with Crippen molar-refractivity contribution in [2.24, 2.45) is 5.73 Å². The molecular formula is C9H20N2O4S. The van der Waals surface area contributed by atoms with Crippen LogP contribution in [0.3, 0.4) is 0 Å². The van der Waals surface area contributed by atoms with Crippen LogP contribution in [-0.2, 0) is 19.4 Å². The Bertz CT molecular complexity index is 303. The number of hydrogen-bond acceptors (Lipinski definition) is 5. The van der Waals surface area contributed by atoms with Crippen LogP contribution in [0.4, 0.5) is 0 Å². The zero-order valence-corrected chi connectivity index (χ0v) is 10.5. The van der Waals surface area contributed by atoms with Crippen LogP contribution in [0.2, 0.25) is 0 Å². The average Bonchev–Trinajstić information content (AvgIpc) is 2.15. The molecule has 0 heterocycles. The molecule has 7 heteroatoms. The van der Waals surface area contributed by atoms with E-state index < -0.39 is 15.9 Å². The molecule has 0 aliphatic heterocycles. The topological polar surface area (TPSA) is 98.5 Å². The normalized spacial score (nSPS) is 13.4. The molecule has 0 fully saturated rings. The van der Waals surface area contributed by atoms with Crippen LogP contribution in [0.15, 0.2) is 0 Å². The summed E-state index contributed by atoms with van der Waals surface area (Å²) in [5.41, 5.74) is 5.59. The van der Waals surface area contributed by atoms with Gasteiger partial charge in [-0.05, 0) is 12.8 Å². The van der Waals surface area contributed by atoms with Gasteiger partial charge in [0.2, 0.25) is 5.91 Å². The fourth-order valence-corrected chi connectivity index (χ4v) is 1.54. The highest BCUT2D eigenvalue weighted by Crippen LogP contribution is 1.94. The van der Waals surface area contributed by atoms with E-state index in [4.69, 9.17) is 10.5 Å². The van der Waals surface area contributed by atoms with Crippen molar-refractivity contribution in [2.45, 2.75) is 18.9 Å². The van der Waals surface area contributed by atoms with Crippen LogP contribution < -0.4 is 11.1 Å². The lowest BCUT2D eigenvalue weighted by Gasteiger charge is -2.11. The minimum Gasteiger partial charge on any atom is -0.385 e. The molecule has 0 aliphatic rings. The summed E-state index contributed by atoms with van der Waals surface area (Å²) in [6.45, 7) is 0.667. The first-order valence-corrected chi connectivity index (χ1v) is 7.13. The second-order valence-corrected chi connectivity index (χ2v) is 5.92. The Balaban J connectivity index is 3.71. The summed E-state index contributed by atoms with van der Waals surface area (Å²) in [7, 11) is -1.46. The standard InChI is InChI=1S/C9H20N2O4S/c1-15-6-3-4-8(10)9(12)11-5-7-16(2,13)14/h8H,3-7,10H2,1-2H3,(H,11,12). The van der Waals surface area contributed by atoms with Crippen LogP contribution >= 0.6 is 0 Å². The molecule has 1 atom stereocenters. The summed E-state index contributed by atoms with van der Waals surface area (Å²) in [4.78, 5) is 11.4. The molecule has 0 saturated carbocycles. The van der Waals surface area contributed by atoms with Crippen molar-refractivity contribution >= 4 is 15.7 Å². The summed E-state index contributed by atoms with van der Waals surface area (Å²) in [6.07, 6.45) is 2.35. The van der Waals surface area contributed by atoms with E-state index in [1.54, 1.807) is 7.11 Å². The number of amides is 1.